The Morgan fingerprint density at radius 1 is 1.39 bits per heavy atom. The third-order valence-corrected chi connectivity index (χ3v) is 3.86. The van der Waals surface area contributed by atoms with Crippen LogP contribution in [0.2, 0.25) is 0 Å². The minimum Gasteiger partial charge on any atom is -0.445 e. The van der Waals surface area contributed by atoms with Gasteiger partial charge in [0.05, 0.1) is 6.04 Å². The maximum Gasteiger partial charge on any atom is 0.410 e. The molecule has 2 aliphatic heterocycles. The molecule has 2 heterocycles. The number of nitrogens with zero attached hydrogens (tertiary/aromatic N) is 1. The summed E-state index contributed by atoms with van der Waals surface area (Å²) in [5.74, 6) is 0.676. The number of likely N-dealkylation sites (tertiary alicyclic amines) is 1. The monoisotopic (exact) mass is 246 g/mol. The van der Waals surface area contributed by atoms with Crippen LogP contribution in [-0.4, -0.2) is 36.7 Å². The number of amides is 1. The molecule has 2 saturated heterocycles. The molecule has 96 valence electrons. The van der Waals surface area contributed by atoms with Crippen LogP contribution in [0.15, 0.2) is 30.3 Å². The lowest BCUT2D eigenvalue weighted by atomic mass is 9.84. The van der Waals surface area contributed by atoms with Crippen molar-refractivity contribution in [1.82, 2.24) is 10.2 Å². The van der Waals surface area contributed by atoms with Crippen LogP contribution in [0.4, 0.5) is 4.79 Å². The zero-order chi connectivity index (χ0) is 12.4. The molecule has 0 radical (unpaired) electrons. The summed E-state index contributed by atoms with van der Waals surface area (Å²) in [4.78, 5) is 13.8. The van der Waals surface area contributed by atoms with E-state index in [9.17, 15) is 4.79 Å². The average molecular weight is 246 g/mol. The largest absolute Gasteiger partial charge is 0.445 e. The fourth-order valence-corrected chi connectivity index (χ4v) is 2.74. The lowest BCUT2D eigenvalue weighted by Gasteiger charge is -2.49. The Balaban J connectivity index is 1.50. The molecule has 2 atom stereocenters. The molecule has 3 rings (SSSR count). The smallest absolute Gasteiger partial charge is 0.410 e. The molecule has 0 aromatic heterocycles. The molecule has 1 aromatic carbocycles. The minimum absolute atomic E-state index is 0.177. The number of ether oxygens (including phenoxy) is 1. The quantitative estimate of drug-likeness (QED) is 0.862. The van der Waals surface area contributed by atoms with E-state index in [1.165, 1.54) is 6.42 Å². The summed E-state index contributed by atoms with van der Waals surface area (Å²) in [7, 11) is 0. The Kier molecular flexibility index (Phi) is 3.19. The van der Waals surface area contributed by atoms with Crippen LogP contribution in [0.3, 0.4) is 0 Å². The number of nitrogens with one attached hydrogen (secondary N) is 1. The lowest BCUT2D eigenvalue weighted by Crippen LogP contribution is -2.65. The van der Waals surface area contributed by atoms with Gasteiger partial charge in [0.25, 0.3) is 0 Å². The summed E-state index contributed by atoms with van der Waals surface area (Å²) in [5.41, 5.74) is 1.03. The van der Waals surface area contributed by atoms with Crippen molar-refractivity contribution in [2.24, 2.45) is 5.92 Å². The molecule has 2 fully saturated rings. The average Bonchev–Trinajstić information content (AvgIpc) is 2.39. The minimum atomic E-state index is -0.177. The summed E-state index contributed by atoms with van der Waals surface area (Å²) >= 11 is 0. The molecule has 1 amide bonds. The Labute approximate surface area is 107 Å². The standard InChI is InChI=1S/C14H18N2O2/c17-14(18-10-11-4-2-1-3-5-11)16-9-12-6-7-15-8-13(12)16/h1-5,12-13,15H,6-10H2. The van der Waals surface area contributed by atoms with Crippen LogP contribution >= 0.6 is 0 Å². The normalized spacial score (nSPS) is 26.1. The van der Waals surface area contributed by atoms with Gasteiger partial charge < -0.3 is 15.0 Å². The molecule has 0 bridgehead atoms. The molecule has 2 aliphatic rings. The number of fused-ring (bicyclic) bond motifs is 1. The first-order valence-corrected chi connectivity index (χ1v) is 6.52. The first-order chi connectivity index (χ1) is 8.84. The van der Waals surface area contributed by atoms with Crippen LogP contribution in [0, 0.1) is 5.92 Å². The third kappa shape index (κ3) is 2.20. The number of hydrogen-bond donors (Lipinski definition) is 1. The van der Waals surface area contributed by atoms with E-state index in [-0.39, 0.29) is 6.09 Å². The van der Waals surface area contributed by atoms with Gasteiger partial charge in [0, 0.05) is 13.1 Å². The predicted octanol–water partition coefficient (Wildman–Crippen LogP) is 1.62. The molecule has 18 heavy (non-hydrogen) atoms. The van der Waals surface area contributed by atoms with Gasteiger partial charge in [-0.3, -0.25) is 0 Å². The van der Waals surface area contributed by atoms with Gasteiger partial charge in [-0.15, -0.1) is 0 Å². The van der Waals surface area contributed by atoms with Gasteiger partial charge in [-0.1, -0.05) is 30.3 Å². The van der Waals surface area contributed by atoms with E-state index in [2.05, 4.69) is 5.32 Å². The topological polar surface area (TPSA) is 41.6 Å². The lowest BCUT2D eigenvalue weighted by molar-refractivity contribution is -0.00991. The molecule has 1 N–H and O–H groups in total. The first-order valence-electron chi connectivity index (χ1n) is 6.52. The predicted molar refractivity (Wildman–Crippen MR) is 68.1 cm³/mol. The molecular weight excluding hydrogens is 228 g/mol. The van der Waals surface area contributed by atoms with E-state index >= 15 is 0 Å². The maximum absolute atomic E-state index is 11.9. The molecule has 2 unspecified atom stereocenters. The van der Waals surface area contributed by atoms with Gasteiger partial charge in [-0.05, 0) is 24.4 Å². The van der Waals surface area contributed by atoms with Crippen LogP contribution in [0.25, 0.3) is 0 Å². The summed E-state index contributed by atoms with van der Waals surface area (Å²) < 4.78 is 5.34. The van der Waals surface area contributed by atoms with Crippen molar-refractivity contribution in [2.75, 3.05) is 19.6 Å². The molecule has 1 aromatic rings. The van der Waals surface area contributed by atoms with Gasteiger partial charge in [0.1, 0.15) is 6.61 Å². The highest BCUT2D eigenvalue weighted by molar-refractivity contribution is 5.69. The van der Waals surface area contributed by atoms with Gasteiger partial charge >= 0.3 is 6.09 Å². The van der Waals surface area contributed by atoms with E-state index in [0.29, 0.717) is 18.6 Å². The number of piperidine rings is 1. The van der Waals surface area contributed by atoms with E-state index in [1.54, 1.807) is 0 Å². The number of benzene rings is 1. The van der Waals surface area contributed by atoms with Gasteiger partial charge in [-0.2, -0.15) is 0 Å². The molecule has 4 nitrogen and oxygen atoms in total. The zero-order valence-corrected chi connectivity index (χ0v) is 10.3. The summed E-state index contributed by atoms with van der Waals surface area (Å²) in [6, 6.07) is 10.1. The van der Waals surface area contributed by atoms with E-state index in [1.807, 2.05) is 35.2 Å². The third-order valence-electron chi connectivity index (χ3n) is 3.86. The van der Waals surface area contributed by atoms with Crippen LogP contribution in [0.5, 0.6) is 0 Å². The highest BCUT2D eigenvalue weighted by atomic mass is 16.6. The number of rotatable bonds is 2. The van der Waals surface area contributed by atoms with Crippen molar-refractivity contribution >= 4 is 6.09 Å². The second-order valence-electron chi connectivity index (χ2n) is 5.01. The van der Waals surface area contributed by atoms with Crippen LogP contribution < -0.4 is 5.32 Å². The van der Waals surface area contributed by atoms with Crippen molar-refractivity contribution in [1.29, 1.82) is 0 Å². The Morgan fingerprint density at radius 2 is 2.22 bits per heavy atom. The van der Waals surface area contributed by atoms with Crippen LogP contribution in [-0.2, 0) is 11.3 Å². The second-order valence-corrected chi connectivity index (χ2v) is 5.01. The maximum atomic E-state index is 11.9. The molecule has 0 spiro atoms. The Bertz CT molecular complexity index is 421. The second kappa shape index (κ2) is 4.98. The fraction of sp³-hybridized carbons (Fsp3) is 0.500. The zero-order valence-electron chi connectivity index (χ0n) is 10.3. The van der Waals surface area contributed by atoms with E-state index < -0.39 is 0 Å². The molecular formula is C14H18N2O2. The molecule has 0 aliphatic carbocycles. The van der Waals surface area contributed by atoms with Crippen molar-refractivity contribution in [3.05, 3.63) is 35.9 Å². The van der Waals surface area contributed by atoms with Crippen LogP contribution in [0.1, 0.15) is 12.0 Å². The Hall–Kier alpha value is -1.55. The molecule has 4 heteroatoms. The Morgan fingerprint density at radius 3 is 3.00 bits per heavy atom. The van der Waals surface area contributed by atoms with E-state index in [0.717, 1.165) is 25.2 Å². The van der Waals surface area contributed by atoms with Gasteiger partial charge in [0.15, 0.2) is 0 Å². The number of carbonyl (C=O) groups is 1. The number of hydrogen-bond acceptors (Lipinski definition) is 3. The highest BCUT2D eigenvalue weighted by Crippen LogP contribution is 2.30. The van der Waals surface area contributed by atoms with E-state index in [4.69, 9.17) is 4.74 Å². The SMILES string of the molecule is O=C(OCc1ccccc1)N1CC2CCNCC21. The summed E-state index contributed by atoms with van der Waals surface area (Å²) in [5, 5.41) is 3.33. The summed E-state index contributed by atoms with van der Waals surface area (Å²) in [6.45, 7) is 3.21. The van der Waals surface area contributed by atoms with Gasteiger partial charge in [0.2, 0.25) is 0 Å². The van der Waals surface area contributed by atoms with Gasteiger partial charge in [-0.25, -0.2) is 4.79 Å². The first kappa shape index (κ1) is 11.5. The highest BCUT2D eigenvalue weighted by Gasteiger charge is 2.43. The molecule has 0 saturated carbocycles. The van der Waals surface area contributed by atoms with Crippen molar-refractivity contribution in [3.63, 3.8) is 0 Å². The number of carbonyl (C=O) groups excluding carboxylic acids is 1. The van der Waals surface area contributed by atoms with Crippen molar-refractivity contribution < 1.29 is 9.53 Å². The fourth-order valence-electron chi connectivity index (χ4n) is 2.74. The van der Waals surface area contributed by atoms with Crippen molar-refractivity contribution in [2.45, 2.75) is 19.1 Å². The summed E-state index contributed by atoms with van der Waals surface area (Å²) in [6.07, 6.45) is 0.997. The van der Waals surface area contributed by atoms with Crippen molar-refractivity contribution in [3.8, 4) is 0 Å².